The van der Waals surface area contributed by atoms with Gasteiger partial charge in [0.05, 0.1) is 0 Å². The first-order chi connectivity index (χ1) is 8.58. The van der Waals surface area contributed by atoms with Crippen LogP contribution in [0, 0.1) is 0 Å². The van der Waals surface area contributed by atoms with E-state index in [9.17, 15) is 9.59 Å². The summed E-state index contributed by atoms with van der Waals surface area (Å²) in [6, 6.07) is 7.21. The predicted molar refractivity (Wildman–Crippen MR) is 71.1 cm³/mol. The lowest BCUT2D eigenvalue weighted by atomic mass is 10.1. The third kappa shape index (κ3) is 3.73. The smallest absolute Gasteiger partial charge is 0.251 e. The normalized spacial score (nSPS) is 10.4. The molecule has 1 aromatic carbocycles. The summed E-state index contributed by atoms with van der Waals surface area (Å²) in [7, 11) is 3.34. The fourth-order valence-corrected chi connectivity index (χ4v) is 1.53. The molecule has 0 aliphatic rings. The van der Waals surface area contributed by atoms with Crippen molar-refractivity contribution in [2.45, 2.75) is 13.5 Å². The summed E-state index contributed by atoms with van der Waals surface area (Å²) < 4.78 is 0. The molecule has 0 aromatic heterocycles. The molecule has 2 amide bonds. The van der Waals surface area contributed by atoms with Crippen LogP contribution in [-0.2, 0) is 11.3 Å². The maximum absolute atomic E-state index is 11.5. The van der Waals surface area contributed by atoms with E-state index in [1.54, 1.807) is 37.2 Å². The first kappa shape index (κ1) is 14.0. The van der Waals surface area contributed by atoms with Crippen molar-refractivity contribution in [2.24, 2.45) is 0 Å². The number of nitrogens with zero attached hydrogens (tertiary/aromatic N) is 1. The molecule has 0 fully saturated rings. The van der Waals surface area contributed by atoms with Gasteiger partial charge in [-0.2, -0.15) is 0 Å². The lowest BCUT2D eigenvalue weighted by molar-refractivity contribution is -0.125. The van der Waals surface area contributed by atoms with Crippen molar-refractivity contribution in [3.8, 4) is 0 Å². The third-order valence-corrected chi connectivity index (χ3v) is 2.55. The second-order valence-corrected chi connectivity index (χ2v) is 3.97. The zero-order valence-electron chi connectivity index (χ0n) is 10.9. The van der Waals surface area contributed by atoms with E-state index in [0.29, 0.717) is 12.1 Å². The summed E-state index contributed by atoms with van der Waals surface area (Å²) >= 11 is 0. The van der Waals surface area contributed by atoms with Crippen LogP contribution in [0.1, 0.15) is 22.8 Å². The summed E-state index contributed by atoms with van der Waals surface area (Å²) in [5.41, 5.74) is 1.60. The number of amides is 2. The Labute approximate surface area is 107 Å². The van der Waals surface area contributed by atoms with Crippen LogP contribution in [0.4, 0.5) is 0 Å². The first-order valence-corrected chi connectivity index (χ1v) is 5.77. The molecule has 0 unspecified atom stereocenters. The van der Waals surface area contributed by atoms with Crippen molar-refractivity contribution in [3.63, 3.8) is 0 Å². The van der Waals surface area contributed by atoms with Gasteiger partial charge in [-0.25, -0.2) is 0 Å². The van der Waals surface area contributed by atoms with E-state index < -0.39 is 0 Å². The van der Waals surface area contributed by atoms with E-state index >= 15 is 0 Å². The number of hydrogen-bond donors (Lipinski definition) is 1. The van der Waals surface area contributed by atoms with Gasteiger partial charge in [-0.1, -0.05) is 18.2 Å². The Morgan fingerprint density at radius 3 is 2.39 bits per heavy atom. The number of carbonyl (C=O) groups excluding carboxylic acids is 2. The van der Waals surface area contributed by atoms with Crippen molar-refractivity contribution in [1.29, 1.82) is 0 Å². The van der Waals surface area contributed by atoms with Crippen molar-refractivity contribution in [2.75, 3.05) is 14.1 Å². The van der Waals surface area contributed by atoms with Gasteiger partial charge in [-0.05, 0) is 30.7 Å². The highest BCUT2D eigenvalue weighted by molar-refractivity contribution is 5.94. The van der Waals surface area contributed by atoms with Crippen molar-refractivity contribution >= 4 is 11.8 Å². The average Bonchev–Trinajstić information content (AvgIpc) is 2.39. The van der Waals surface area contributed by atoms with Gasteiger partial charge >= 0.3 is 0 Å². The zero-order chi connectivity index (χ0) is 13.5. The fourth-order valence-electron chi connectivity index (χ4n) is 1.53. The van der Waals surface area contributed by atoms with Crippen LogP contribution < -0.4 is 5.32 Å². The van der Waals surface area contributed by atoms with Gasteiger partial charge in [0, 0.05) is 26.2 Å². The van der Waals surface area contributed by atoms with Gasteiger partial charge in [-0.15, -0.1) is 0 Å². The van der Waals surface area contributed by atoms with Gasteiger partial charge in [0.25, 0.3) is 5.91 Å². The highest BCUT2D eigenvalue weighted by Gasteiger charge is 2.06. The minimum Gasteiger partial charge on any atom is -0.355 e. The van der Waals surface area contributed by atoms with E-state index in [-0.39, 0.29) is 11.8 Å². The molecule has 0 saturated heterocycles. The molecule has 0 atom stereocenters. The standard InChI is InChI=1S/C14H18N2O2/c1-4-5-13(17)16(3)10-11-6-8-12(9-7-11)14(18)15-2/h4-9H,10H2,1-3H3,(H,15,18). The lowest BCUT2D eigenvalue weighted by Crippen LogP contribution is -2.24. The molecule has 1 N–H and O–H groups in total. The maximum atomic E-state index is 11.5. The Hall–Kier alpha value is -2.10. The second-order valence-electron chi connectivity index (χ2n) is 3.97. The molecule has 4 heteroatoms. The molecule has 1 rings (SSSR count). The molecule has 18 heavy (non-hydrogen) atoms. The summed E-state index contributed by atoms with van der Waals surface area (Å²) in [6.07, 6.45) is 3.24. The summed E-state index contributed by atoms with van der Waals surface area (Å²) in [5.74, 6) is -0.146. The molecule has 0 bridgehead atoms. The van der Waals surface area contributed by atoms with Crippen molar-refractivity contribution in [3.05, 3.63) is 47.5 Å². The molecule has 0 saturated carbocycles. The fraction of sp³-hybridized carbons (Fsp3) is 0.286. The van der Waals surface area contributed by atoms with Crippen molar-refractivity contribution in [1.82, 2.24) is 10.2 Å². The Kier molecular flexibility index (Phi) is 5.11. The molecular formula is C14H18N2O2. The van der Waals surface area contributed by atoms with E-state index in [2.05, 4.69) is 5.32 Å². The number of likely N-dealkylation sites (N-methyl/N-ethyl adjacent to an activating group) is 1. The van der Waals surface area contributed by atoms with Crippen LogP contribution in [0.2, 0.25) is 0 Å². The van der Waals surface area contributed by atoms with Crippen LogP contribution >= 0.6 is 0 Å². The topological polar surface area (TPSA) is 49.4 Å². The third-order valence-electron chi connectivity index (χ3n) is 2.55. The predicted octanol–water partition coefficient (Wildman–Crippen LogP) is 1.58. The van der Waals surface area contributed by atoms with Gasteiger partial charge < -0.3 is 10.2 Å². The number of nitrogens with one attached hydrogen (secondary N) is 1. The van der Waals surface area contributed by atoms with Crippen LogP contribution in [0.5, 0.6) is 0 Å². The number of rotatable bonds is 4. The van der Waals surface area contributed by atoms with Gasteiger partial charge in [-0.3, -0.25) is 9.59 Å². The van der Waals surface area contributed by atoms with Crippen molar-refractivity contribution < 1.29 is 9.59 Å². The summed E-state index contributed by atoms with van der Waals surface area (Å²) in [6.45, 7) is 2.33. The Morgan fingerprint density at radius 2 is 1.89 bits per heavy atom. The lowest BCUT2D eigenvalue weighted by Gasteiger charge is -2.15. The molecule has 96 valence electrons. The van der Waals surface area contributed by atoms with Gasteiger partial charge in [0.1, 0.15) is 0 Å². The first-order valence-electron chi connectivity index (χ1n) is 5.77. The Balaban J connectivity index is 2.69. The molecular weight excluding hydrogens is 228 g/mol. The molecule has 0 radical (unpaired) electrons. The second kappa shape index (κ2) is 6.59. The molecule has 0 spiro atoms. The van der Waals surface area contributed by atoms with Crippen LogP contribution in [0.15, 0.2) is 36.4 Å². The largest absolute Gasteiger partial charge is 0.355 e. The summed E-state index contributed by atoms with van der Waals surface area (Å²) in [5, 5.41) is 2.56. The van der Waals surface area contributed by atoms with E-state index in [0.717, 1.165) is 5.56 Å². The minimum atomic E-state index is -0.111. The number of allylic oxidation sites excluding steroid dienone is 1. The zero-order valence-corrected chi connectivity index (χ0v) is 10.9. The quantitative estimate of drug-likeness (QED) is 0.820. The summed E-state index contributed by atoms with van der Waals surface area (Å²) in [4.78, 5) is 24.5. The molecule has 0 aliphatic heterocycles. The van der Waals surface area contributed by atoms with E-state index in [1.807, 2.05) is 19.1 Å². The SMILES string of the molecule is CC=CC(=O)N(C)Cc1ccc(C(=O)NC)cc1. The van der Waals surface area contributed by atoms with Crippen LogP contribution in [0.25, 0.3) is 0 Å². The molecule has 0 aliphatic carbocycles. The van der Waals surface area contributed by atoms with Gasteiger partial charge in [0.15, 0.2) is 0 Å². The van der Waals surface area contributed by atoms with Crippen LogP contribution in [0.3, 0.4) is 0 Å². The number of carbonyl (C=O) groups is 2. The van der Waals surface area contributed by atoms with E-state index in [4.69, 9.17) is 0 Å². The Morgan fingerprint density at radius 1 is 1.28 bits per heavy atom. The highest BCUT2D eigenvalue weighted by Crippen LogP contribution is 2.07. The highest BCUT2D eigenvalue weighted by atomic mass is 16.2. The number of hydrogen-bond acceptors (Lipinski definition) is 2. The average molecular weight is 246 g/mol. The Bertz CT molecular complexity index is 449. The number of benzene rings is 1. The molecule has 4 nitrogen and oxygen atoms in total. The van der Waals surface area contributed by atoms with Gasteiger partial charge in [0.2, 0.25) is 5.91 Å². The maximum Gasteiger partial charge on any atom is 0.251 e. The molecule has 1 aromatic rings. The van der Waals surface area contributed by atoms with Crippen LogP contribution in [-0.4, -0.2) is 30.8 Å². The molecule has 0 heterocycles. The van der Waals surface area contributed by atoms with E-state index in [1.165, 1.54) is 6.08 Å². The minimum absolute atomic E-state index is 0.0344. The monoisotopic (exact) mass is 246 g/mol.